The van der Waals surface area contributed by atoms with Crippen LogP contribution in [0.1, 0.15) is 18.2 Å². The molecule has 0 unspecified atom stereocenters. The van der Waals surface area contributed by atoms with Crippen molar-refractivity contribution in [2.45, 2.75) is 26.4 Å². The molecule has 2 aromatic rings. The Morgan fingerprint density at radius 1 is 1.21 bits per heavy atom. The van der Waals surface area contributed by atoms with E-state index < -0.39 is 0 Å². The Morgan fingerprint density at radius 3 is 2.58 bits per heavy atom. The third kappa shape index (κ3) is 3.96. The molecule has 0 aliphatic carbocycles. The van der Waals surface area contributed by atoms with E-state index in [2.05, 4.69) is 17.3 Å². The van der Waals surface area contributed by atoms with Gasteiger partial charge in [-0.2, -0.15) is 5.10 Å². The van der Waals surface area contributed by atoms with Crippen LogP contribution in [0, 0.1) is 0 Å². The van der Waals surface area contributed by atoms with E-state index in [1.807, 2.05) is 35.1 Å². The lowest BCUT2D eigenvalue weighted by atomic mass is 10.2. The minimum atomic E-state index is 0.674. The summed E-state index contributed by atoms with van der Waals surface area (Å²) in [6.07, 6.45) is 2.90. The molecule has 0 fully saturated rings. The molecule has 0 amide bonds. The molecule has 3 nitrogen and oxygen atoms in total. The van der Waals surface area contributed by atoms with E-state index in [1.165, 1.54) is 0 Å². The Hall–Kier alpha value is -1.03. The number of hydrogen-bond acceptors (Lipinski definition) is 2. The van der Waals surface area contributed by atoms with Crippen molar-refractivity contribution in [2.24, 2.45) is 0 Å². The first kappa shape index (κ1) is 14.4. The van der Waals surface area contributed by atoms with Crippen molar-refractivity contribution in [2.75, 3.05) is 6.54 Å². The molecular weight excluding hydrogens is 281 g/mol. The first-order chi connectivity index (χ1) is 9.20. The lowest BCUT2D eigenvalue weighted by molar-refractivity contribution is 0.630. The fraction of sp³-hybridized carbons (Fsp3) is 0.357. The molecule has 0 radical (unpaired) electrons. The Balaban J connectivity index is 1.80. The van der Waals surface area contributed by atoms with Gasteiger partial charge in [0.15, 0.2) is 0 Å². The second kappa shape index (κ2) is 6.94. The van der Waals surface area contributed by atoms with Gasteiger partial charge in [0.2, 0.25) is 0 Å². The van der Waals surface area contributed by atoms with E-state index in [-0.39, 0.29) is 0 Å². The van der Waals surface area contributed by atoms with Gasteiger partial charge in [0.25, 0.3) is 0 Å². The highest BCUT2D eigenvalue weighted by molar-refractivity contribution is 6.35. The van der Waals surface area contributed by atoms with E-state index in [9.17, 15) is 0 Å². The summed E-state index contributed by atoms with van der Waals surface area (Å²) in [4.78, 5) is 0. The van der Waals surface area contributed by atoms with E-state index in [0.717, 1.165) is 30.8 Å². The van der Waals surface area contributed by atoms with Crippen molar-refractivity contribution in [3.8, 4) is 0 Å². The number of halogens is 2. The van der Waals surface area contributed by atoms with Crippen LogP contribution in [0.2, 0.25) is 10.0 Å². The number of nitrogens with one attached hydrogen (secondary N) is 1. The number of aromatic nitrogens is 2. The molecule has 2 rings (SSSR count). The van der Waals surface area contributed by atoms with E-state index in [0.29, 0.717) is 16.6 Å². The van der Waals surface area contributed by atoms with Crippen LogP contribution >= 0.6 is 23.2 Å². The molecular formula is C14H17Cl2N3. The third-order valence-corrected chi connectivity index (χ3v) is 3.65. The molecule has 0 bridgehead atoms. The predicted molar refractivity (Wildman–Crippen MR) is 79.8 cm³/mol. The Morgan fingerprint density at radius 2 is 1.95 bits per heavy atom. The average molecular weight is 298 g/mol. The summed E-state index contributed by atoms with van der Waals surface area (Å²) in [5.74, 6) is 0. The van der Waals surface area contributed by atoms with Crippen LogP contribution < -0.4 is 5.32 Å². The first-order valence-electron chi connectivity index (χ1n) is 6.36. The zero-order chi connectivity index (χ0) is 13.7. The van der Waals surface area contributed by atoms with Crippen LogP contribution in [-0.2, 0) is 19.5 Å². The van der Waals surface area contributed by atoms with Gasteiger partial charge in [-0.15, -0.1) is 0 Å². The Labute approximate surface area is 123 Å². The molecule has 1 aromatic heterocycles. The van der Waals surface area contributed by atoms with Crippen LogP contribution in [0.4, 0.5) is 0 Å². The summed E-state index contributed by atoms with van der Waals surface area (Å²) in [5, 5.41) is 9.18. The minimum Gasteiger partial charge on any atom is -0.312 e. The highest BCUT2D eigenvalue weighted by Crippen LogP contribution is 2.23. The van der Waals surface area contributed by atoms with Gasteiger partial charge in [-0.1, -0.05) is 29.3 Å². The lowest BCUT2D eigenvalue weighted by Gasteiger charge is -2.07. The second-order valence-electron chi connectivity index (χ2n) is 4.29. The summed E-state index contributed by atoms with van der Waals surface area (Å²) < 4.78 is 1.93. The zero-order valence-electron chi connectivity index (χ0n) is 10.9. The molecule has 0 spiro atoms. The SMILES string of the molecule is CCn1ccc(CCNCc2c(Cl)cccc2Cl)n1. The van der Waals surface area contributed by atoms with Crippen molar-refractivity contribution in [3.63, 3.8) is 0 Å². The van der Waals surface area contributed by atoms with Crippen molar-refractivity contribution in [1.82, 2.24) is 15.1 Å². The quantitative estimate of drug-likeness (QED) is 0.827. The number of rotatable bonds is 6. The van der Waals surface area contributed by atoms with Gasteiger partial charge in [-0.3, -0.25) is 4.68 Å². The van der Waals surface area contributed by atoms with Crippen molar-refractivity contribution in [1.29, 1.82) is 0 Å². The standard InChI is InChI=1S/C14H17Cl2N3/c1-2-19-9-7-11(18-19)6-8-17-10-12-13(15)4-3-5-14(12)16/h3-5,7,9,17H,2,6,8,10H2,1H3. The monoisotopic (exact) mass is 297 g/mol. The second-order valence-corrected chi connectivity index (χ2v) is 5.10. The normalized spacial score (nSPS) is 10.9. The largest absolute Gasteiger partial charge is 0.312 e. The van der Waals surface area contributed by atoms with E-state index in [4.69, 9.17) is 23.2 Å². The summed E-state index contributed by atoms with van der Waals surface area (Å²) in [5.41, 5.74) is 2.05. The van der Waals surface area contributed by atoms with Gasteiger partial charge in [0.05, 0.1) is 5.69 Å². The Kier molecular flexibility index (Phi) is 5.25. The first-order valence-corrected chi connectivity index (χ1v) is 7.12. The maximum absolute atomic E-state index is 6.11. The molecule has 1 N–H and O–H groups in total. The summed E-state index contributed by atoms with van der Waals surface area (Å²) in [6, 6.07) is 7.61. The topological polar surface area (TPSA) is 29.9 Å². The summed E-state index contributed by atoms with van der Waals surface area (Å²) in [7, 11) is 0. The van der Waals surface area contributed by atoms with Crippen molar-refractivity contribution < 1.29 is 0 Å². The van der Waals surface area contributed by atoms with E-state index >= 15 is 0 Å². The predicted octanol–water partition coefficient (Wildman–Crippen LogP) is 3.54. The van der Waals surface area contributed by atoms with Gasteiger partial charge in [0, 0.05) is 47.9 Å². The molecule has 1 heterocycles. The van der Waals surface area contributed by atoms with Crippen molar-refractivity contribution >= 4 is 23.2 Å². The number of aryl methyl sites for hydroxylation is 1. The maximum Gasteiger partial charge on any atom is 0.0637 e. The fourth-order valence-corrected chi connectivity index (χ4v) is 2.38. The van der Waals surface area contributed by atoms with Crippen LogP contribution in [0.25, 0.3) is 0 Å². The van der Waals surface area contributed by atoms with Crippen molar-refractivity contribution in [3.05, 3.63) is 51.8 Å². The lowest BCUT2D eigenvalue weighted by Crippen LogP contribution is -2.17. The highest BCUT2D eigenvalue weighted by atomic mass is 35.5. The molecule has 0 saturated heterocycles. The number of benzene rings is 1. The third-order valence-electron chi connectivity index (χ3n) is 2.94. The van der Waals surface area contributed by atoms with Gasteiger partial charge in [-0.05, 0) is 25.1 Å². The van der Waals surface area contributed by atoms with E-state index in [1.54, 1.807) is 0 Å². The fourth-order valence-electron chi connectivity index (χ4n) is 1.84. The van der Waals surface area contributed by atoms with Crippen LogP contribution in [0.15, 0.2) is 30.5 Å². The van der Waals surface area contributed by atoms with Crippen LogP contribution in [-0.4, -0.2) is 16.3 Å². The molecule has 1 aromatic carbocycles. The zero-order valence-corrected chi connectivity index (χ0v) is 12.4. The maximum atomic E-state index is 6.11. The molecule has 0 aliphatic heterocycles. The smallest absolute Gasteiger partial charge is 0.0637 e. The van der Waals surface area contributed by atoms with Gasteiger partial charge < -0.3 is 5.32 Å². The Bertz CT molecular complexity index is 517. The average Bonchev–Trinajstić information content (AvgIpc) is 2.85. The van der Waals surface area contributed by atoms with Crippen LogP contribution in [0.5, 0.6) is 0 Å². The minimum absolute atomic E-state index is 0.674. The molecule has 0 aliphatic rings. The molecule has 19 heavy (non-hydrogen) atoms. The molecule has 102 valence electrons. The van der Waals surface area contributed by atoms with Gasteiger partial charge in [0.1, 0.15) is 0 Å². The number of nitrogens with zero attached hydrogens (tertiary/aromatic N) is 2. The van der Waals surface area contributed by atoms with Crippen LogP contribution in [0.3, 0.4) is 0 Å². The molecule has 0 atom stereocenters. The molecule has 5 heteroatoms. The highest BCUT2D eigenvalue weighted by Gasteiger charge is 2.04. The molecule has 0 saturated carbocycles. The summed E-state index contributed by atoms with van der Waals surface area (Å²) >= 11 is 12.2. The summed E-state index contributed by atoms with van der Waals surface area (Å²) in [6.45, 7) is 4.51. The number of hydrogen-bond donors (Lipinski definition) is 1. The van der Waals surface area contributed by atoms with Gasteiger partial charge in [-0.25, -0.2) is 0 Å². The van der Waals surface area contributed by atoms with Gasteiger partial charge >= 0.3 is 0 Å².